The van der Waals surface area contributed by atoms with Gasteiger partial charge in [0.1, 0.15) is 0 Å². The van der Waals surface area contributed by atoms with Crippen molar-refractivity contribution in [2.75, 3.05) is 5.01 Å². The number of nitrogens with zero attached hydrogens (tertiary/aromatic N) is 2. The molecule has 2 N–H and O–H groups in total. The van der Waals surface area contributed by atoms with Crippen molar-refractivity contribution in [3.8, 4) is 0 Å². The smallest absolute Gasteiger partial charge is 0.240 e. The van der Waals surface area contributed by atoms with Gasteiger partial charge in [0.15, 0.2) is 5.78 Å². The van der Waals surface area contributed by atoms with E-state index in [-0.39, 0.29) is 11.7 Å². The zero-order valence-corrected chi connectivity index (χ0v) is 9.01. The molecule has 0 aromatic carbocycles. The van der Waals surface area contributed by atoms with Gasteiger partial charge in [-0.15, -0.1) is 0 Å². The number of aromatic nitrogens is 1. The van der Waals surface area contributed by atoms with E-state index in [4.69, 9.17) is 5.84 Å². The molecule has 5 nitrogen and oxygen atoms in total. The summed E-state index contributed by atoms with van der Waals surface area (Å²) in [5.74, 6) is 5.06. The lowest BCUT2D eigenvalue weighted by Crippen LogP contribution is -2.35. The summed E-state index contributed by atoms with van der Waals surface area (Å²) in [6, 6.07) is 0. The van der Waals surface area contributed by atoms with Gasteiger partial charge in [-0.05, 0) is 6.92 Å². The molecule has 6 heteroatoms. The van der Waals surface area contributed by atoms with Gasteiger partial charge in [-0.25, -0.2) is 15.8 Å². The van der Waals surface area contributed by atoms with E-state index in [1.165, 1.54) is 13.8 Å². The van der Waals surface area contributed by atoms with E-state index in [9.17, 15) is 9.59 Å². The van der Waals surface area contributed by atoms with Crippen LogP contribution in [0.4, 0.5) is 5.13 Å². The highest BCUT2D eigenvalue weighted by Crippen LogP contribution is 2.24. The number of ketones is 1. The SMILES string of the molecule is CC(=O)c1sc(N(N)C(C)=O)nc1C. The molecule has 0 unspecified atom stereocenters. The largest absolute Gasteiger partial charge is 0.294 e. The maximum atomic E-state index is 11.1. The van der Waals surface area contributed by atoms with E-state index in [0.29, 0.717) is 15.7 Å². The van der Waals surface area contributed by atoms with E-state index in [2.05, 4.69) is 4.98 Å². The van der Waals surface area contributed by atoms with Gasteiger partial charge in [0.05, 0.1) is 10.6 Å². The molecule has 0 aliphatic carbocycles. The molecule has 1 amide bonds. The number of carbonyl (C=O) groups is 2. The van der Waals surface area contributed by atoms with E-state index < -0.39 is 0 Å². The molecule has 0 fully saturated rings. The molecular weight excluding hydrogens is 202 g/mol. The maximum Gasteiger partial charge on any atom is 0.240 e. The summed E-state index contributed by atoms with van der Waals surface area (Å²) in [4.78, 5) is 26.6. The first kappa shape index (κ1) is 10.8. The molecule has 0 aliphatic heterocycles. The molecule has 1 rings (SSSR count). The monoisotopic (exact) mass is 213 g/mol. The van der Waals surface area contributed by atoms with Crippen molar-refractivity contribution in [2.45, 2.75) is 20.8 Å². The minimum absolute atomic E-state index is 0.0665. The van der Waals surface area contributed by atoms with Crippen LogP contribution in [-0.4, -0.2) is 16.7 Å². The number of hydrazine groups is 1. The Hall–Kier alpha value is -1.27. The van der Waals surface area contributed by atoms with Crippen molar-refractivity contribution in [3.05, 3.63) is 10.6 Å². The lowest BCUT2D eigenvalue weighted by atomic mass is 10.3. The van der Waals surface area contributed by atoms with Gasteiger partial charge in [0, 0.05) is 13.8 Å². The number of carbonyl (C=O) groups excluding carboxylic acids is 2. The van der Waals surface area contributed by atoms with Crippen LogP contribution >= 0.6 is 11.3 Å². The summed E-state index contributed by atoms with van der Waals surface area (Å²) in [7, 11) is 0. The van der Waals surface area contributed by atoms with Gasteiger partial charge < -0.3 is 0 Å². The highest BCUT2D eigenvalue weighted by molar-refractivity contribution is 7.17. The first-order chi connectivity index (χ1) is 6.43. The van der Waals surface area contributed by atoms with Crippen LogP contribution in [-0.2, 0) is 4.79 Å². The van der Waals surface area contributed by atoms with Gasteiger partial charge in [-0.3, -0.25) is 9.59 Å². The normalized spacial score (nSPS) is 10.0. The third-order valence-corrected chi connectivity index (χ3v) is 2.91. The average molecular weight is 213 g/mol. The predicted molar refractivity (Wildman–Crippen MR) is 54.2 cm³/mol. The Labute approximate surface area is 85.5 Å². The summed E-state index contributed by atoms with van der Waals surface area (Å²) in [6.07, 6.45) is 0. The van der Waals surface area contributed by atoms with Crippen LogP contribution in [0.25, 0.3) is 0 Å². The summed E-state index contributed by atoms with van der Waals surface area (Å²) in [5.41, 5.74) is 0.606. The highest BCUT2D eigenvalue weighted by Gasteiger charge is 2.16. The molecule has 1 heterocycles. The van der Waals surface area contributed by atoms with Crippen LogP contribution in [0.5, 0.6) is 0 Å². The van der Waals surface area contributed by atoms with Crippen molar-refractivity contribution in [2.24, 2.45) is 5.84 Å². The Morgan fingerprint density at radius 1 is 1.43 bits per heavy atom. The van der Waals surface area contributed by atoms with E-state index in [1.54, 1.807) is 6.92 Å². The summed E-state index contributed by atoms with van der Waals surface area (Å²) in [6.45, 7) is 4.51. The van der Waals surface area contributed by atoms with E-state index in [0.717, 1.165) is 16.3 Å². The van der Waals surface area contributed by atoms with Crippen molar-refractivity contribution in [1.82, 2.24) is 4.98 Å². The maximum absolute atomic E-state index is 11.1. The van der Waals surface area contributed by atoms with E-state index in [1.807, 2.05) is 0 Å². The van der Waals surface area contributed by atoms with Crippen molar-refractivity contribution < 1.29 is 9.59 Å². The minimum atomic E-state index is -0.311. The second kappa shape index (κ2) is 3.85. The van der Waals surface area contributed by atoms with Gasteiger partial charge >= 0.3 is 0 Å². The van der Waals surface area contributed by atoms with Gasteiger partial charge in [0.25, 0.3) is 0 Å². The summed E-state index contributed by atoms with van der Waals surface area (Å²) < 4.78 is 0. The third-order valence-electron chi connectivity index (χ3n) is 1.65. The van der Waals surface area contributed by atoms with Gasteiger partial charge in [-0.1, -0.05) is 11.3 Å². The number of amides is 1. The number of rotatable bonds is 2. The molecular formula is C8H11N3O2S. The Morgan fingerprint density at radius 3 is 2.36 bits per heavy atom. The first-order valence-electron chi connectivity index (χ1n) is 3.97. The summed E-state index contributed by atoms with van der Waals surface area (Å²) >= 11 is 1.12. The van der Waals surface area contributed by atoms with Crippen LogP contribution in [0.2, 0.25) is 0 Å². The number of nitrogens with two attached hydrogens (primary N) is 1. The Kier molecular flexibility index (Phi) is 2.97. The van der Waals surface area contributed by atoms with Crippen molar-refractivity contribution in [1.29, 1.82) is 0 Å². The predicted octanol–water partition coefficient (Wildman–Crippen LogP) is 0.881. The number of aryl methyl sites for hydroxylation is 1. The van der Waals surface area contributed by atoms with Crippen LogP contribution in [0.15, 0.2) is 0 Å². The molecule has 0 bridgehead atoms. The Balaban J connectivity index is 3.08. The van der Waals surface area contributed by atoms with E-state index >= 15 is 0 Å². The fraction of sp³-hybridized carbons (Fsp3) is 0.375. The van der Waals surface area contributed by atoms with Crippen LogP contribution in [0.3, 0.4) is 0 Å². The molecule has 76 valence electrons. The number of Topliss-reactive ketones (excluding diaryl/α,β-unsaturated/α-hetero) is 1. The molecule has 0 aliphatic rings. The zero-order valence-electron chi connectivity index (χ0n) is 8.20. The highest BCUT2D eigenvalue weighted by atomic mass is 32.1. The molecule has 0 radical (unpaired) electrons. The fourth-order valence-corrected chi connectivity index (χ4v) is 1.88. The number of hydrogen-bond acceptors (Lipinski definition) is 5. The topological polar surface area (TPSA) is 76.3 Å². The van der Waals surface area contributed by atoms with Gasteiger partial charge in [-0.2, -0.15) is 0 Å². The second-order valence-corrected chi connectivity index (χ2v) is 3.83. The second-order valence-electron chi connectivity index (χ2n) is 2.86. The molecule has 0 saturated heterocycles. The first-order valence-corrected chi connectivity index (χ1v) is 4.79. The molecule has 1 aromatic heterocycles. The molecule has 0 atom stereocenters. The third kappa shape index (κ3) is 1.97. The zero-order chi connectivity index (χ0) is 10.9. The molecule has 0 saturated carbocycles. The molecule has 14 heavy (non-hydrogen) atoms. The minimum Gasteiger partial charge on any atom is -0.294 e. The fourth-order valence-electron chi connectivity index (χ4n) is 0.947. The summed E-state index contributed by atoms with van der Waals surface area (Å²) in [5, 5.41) is 1.28. The van der Waals surface area contributed by atoms with Crippen LogP contribution in [0.1, 0.15) is 29.2 Å². The van der Waals surface area contributed by atoms with Crippen LogP contribution in [0, 0.1) is 6.92 Å². The Morgan fingerprint density at radius 2 is 2.00 bits per heavy atom. The Bertz CT molecular complexity index is 386. The molecule has 0 spiro atoms. The van der Waals surface area contributed by atoms with Gasteiger partial charge in [0.2, 0.25) is 11.0 Å². The van der Waals surface area contributed by atoms with Crippen LogP contribution < -0.4 is 10.9 Å². The number of anilines is 1. The average Bonchev–Trinajstić information content (AvgIpc) is 2.45. The number of thiazole rings is 1. The van der Waals surface area contributed by atoms with Crippen molar-refractivity contribution >= 4 is 28.2 Å². The van der Waals surface area contributed by atoms with Crippen molar-refractivity contribution in [3.63, 3.8) is 0 Å². The quantitative estimate of drug-likeness (QED) is 0.342. The molecule has 1 aromatic rings. The number of hydrogen-bond donors (Lipinski definition) is 1. The lowest BCUT2D eigenvalue weighted by Gasteiger charge is -2.08. The lowest BCUT2D eigenvalue weighted by molar-refractivity contribution is -0.116. The standard InChI is InChI=1S/C8H11N3O2S/c1-4-7(5(2)12)14-8(10-4)11(9)6(3)13/h9H2,1-3H3.